The van der Waals surface area contributed by atoms with Gasteiger partial charge in [0.25, 0.3) is 0 Å². The van der Waals surface area contributed by atoms with Crippen molar-refractivity contribution in [3.8, 4) is 6.07 Å². The largest absolute Gasteiger partial charge is 0.416 e. The summed E-state index contributed by atoms with van der Waals surface area (Å²) in [6.45, 7) is 10.7. The lowest BCUT2D eigenvalue weighted by atomic mass is 9.91. The standard InChI is InChI=1S/C21H26FN.C15H13F3N2O.C2H6/c1-3-6-17-7-4-5-8-19(17)21(23-14-16-9-10-16)18-11-12-20(22)15(2)13-18;1-2-4-12(15(16,17)18)8-14(10-21)20-13-6-3-5-11(7-13)9-19;1-2/h4-5,7-8,11-13,16,21,23H,3,6,9-10,14H2,1-2H3;3-8,10,20H,2H2,1H3;1-2H3/b;12-4-,14-8-;. The zero-order chi connectivity index (χ0) is 34.1. The summed E-state index contributed by atoms with van der Waals surface area (Å²) in [6.07, 6.45) is 2.59. The SMILES string of the molecule is CC.CC/C=C(/C=C(/C=O)Nc1cccc(C#N)c1)C(F)(F)F.CCCc1ccccc1C(NCC1CC1)c1ccc(F)c(C)c1. The fraction of sp³-hybridized carbons (Fsp3) is 0.368. The van der Waals surface area contributed by atoms with Gasteiger partial charge in [0.1, 0.15) is 5.82 Å². The van der Waals surface area contributed by atoms with Crippen molar-refractivity contribution in [2.45, 2.75) is 78.9 Å². The third kappa shape index (κ3) is 12.3. The number of aldehydes is 1. The van der Waals surface area contributed by atoms with E-state index in [0.29, 0.717) is 23.1 Å². The zero-order valence-corrected chi connectivity index (χ0v) is 27.3. The second-order valence-electron chi connectivity index (χ2n) is 10.8. The highest BCUT2D eigenvalue weighted by Gasteiger charge is 2.32. The molecule has 0 aromatic heterocycles. The number of alkyl halides is 3. The highest BCUT2D eigenvalue weighted by atomic mass is 19.4. The molecule has 3 aromatic carbocycles. The molecule has 1 aliphatic rings. The maximum absolute atomic E-state index is 13.7. The van der Waals surface area contributed by atoms with Crippen molar-refractivity contribution in [1.29, 1.82) is 5.26 Å². The molecule has 0 amide bonds. The molecule has 0 bridgehead atoms. The summed E-state index contributed by atoms with van der Waals surface area (Å²) in [6, 6.07) is 22.3. The van der Waals surface area contributed by atoms with Crippen LogP contribution in [0.25, 0.3) is 0 Å². The topological polar surface area (TPSA) is 64.9 Å². The molecule has 46 heavy (non-hydrogen) atoms. The van der Waals surface area contributed by atoms with Crippen molar-refractivity contribution in [3.05, 3.63) is 124 Å². The van der Waals surface area contributed by atoms with Gasteiger partial charge in [-0.25, -0.2) is 4.39 Å². The highest BCUT2D eigenvalue weighted by molar-refractivity contribution is 5.80. The molecule has 1 saturated carbocycles. The van der Waals surface area contributed by atoms with E-state index < -0.39 is 11.7 Å². The first kappa shape index (κ1) is 38.0. The van der Waals surface area contributed by atoms with Gasteiger partial charge in [-0.1, -0.05) is 82.7 Å². The van der Waals surface area contributed by atoms with Crippen molar-refractivity contribution in [2.24, 2.45) is 5.92 Å². The van der Waals surface area contributed by atoms with Crippen LogP contribution in [0, 0.1) is 30.0 Å². The number of nitrogens with one attached hydrogen (secondary N) is 2. The molecule has 0 heterocycles. The summed E-state index contributed by atoms with van der Waals surface area (Å²) in [4.78, 5) is 10.9. The molecule has 4 rings (SSSR count). The zero-order valence-electron chi connectivity index (χ0n) is 27.3. The number of allylic oxidation sites excluding steroid dienone is 4. The molecular weight excluding hydrogens is 590 g/mol. The Morgan fingerprint density at radius 3 is 2.35 bits per heavy atom. The van der Waals surface area contributed by atoms with Gasteiger partial charge in [-0.2, -0.15) is 18.4 Å². The van der Waals surface area contributed by atoms with Crippen LogP contribution in [-0.4, -0.2) is 19.0 Å². The van der Waals surface area contributed by atoms with E-state index in [1.807, 2.05) is 39.0 Å². The second kappa shape index (κ2) is 19.3. The summed E-state index contributed by atoms with van der Waals surface area (Å²) >= 11 is 0. The van der Waals surface area contributed by atoms with Gasteiger partial charge in [0.2, 0.25) is 0 Å². The Kier molecular flexibility index (Phi) is 16.0. The minimum Gasteiger partial charge on any atom is -0.353 e. The number of hydrogen-bond acceptors (Lipinski definition) is 4. The number of carbonyl (C=O) groups excluding carboxylic acids is 1. The van der Waals surface area contributed by atoms with Gasteiger partial charge in [-0.3, -0.25) is 4.79 Å². The first-order chi connectivity index (χ1) is 22.1. The van der Waals surface area contributed by atoms with E-state index in [1.54, 1.807) is 31.2 Å². The molecule has 0 radical (unpaired) electrons. The molecule has 0 saturated heterocycles. The summed E-state index contributed by atoms with van der Waals surface area (Å²) in [5, 5.41) is 15.1. The Hall–Kier alpha value is -4.22. The van der Waals surface area contributed by atoms with E-state index in [-0.39, 0.29) is 24.0 Å². The van der Waals surface area contributed by atoms with Gasteiger partial charge in [0, 0.05) is 5.69 Å². The van der Waals surface area contributed by atoms with Gasteiger partial charge >= 0.3 is 6.18 Å². The molecule has 0 aliphatic heterocycles. The van der Waals surface area contributed by atoms with Gasteiger partial charge in [0.15, 0.2) is 6.29 Å². The van der Waals surface area contributed by atoms with Crippen LogP contribution in [0.4, 0.5) is 23.2 Å². The molecular formula is C38H45F4N3O. The van der Waals surface area contributed by atoms with Gasteiger partial charge < -0.3 is 10.6 Å². The van der Waals surface area contributed by atoms with E-state index in [0.717, 1.165) is 43.0 Å². The summed E-state index contributed by atoms with van der Waals surface area (Å²) < 4.78 is 52.0. The number of rotatable bonds is 12. The maximum atomic E-state index is 13.7. The quantitative estimate of drug-likeness (QED) is 0.0900. The van der Waals surface area contributed by atoms with Gasteiger partial charge in [-0.15, -0.1) is 0 Å². The average Bonchev–Trinajstić information content (AvgIpc) is 3.88. The van der Waals surface area contributed by atoms with E-state index in [1.165, 1.54) is 30.0 Å². The number of halogens is 4. The monoisotopic (exact) mass is 635 g/mol. The highest BCUT2D eigenvalue weighted by Crippen LogP contribution is 2.32. The van der Waals surface area contributed by atoms with E-state index in [9.17, 15) is 22.4 Å². The number of nitriles is 1. The van der Waals surface area contributed by atoms with Crippen LogP contribution in [0.2, 0.25) is 0 Å². The fourth-order valence-corrected chi connectivity index (χ4v) is 4.75. The molecule has 8 heteroatoms. The lowest BCUT2D eigenvalue weighted by Crippen LogP contribution is -2.25. The molecule has 1 unspecified atom stereocenters. The third-order valence-electron chi connectivity index (χ3n) is 7.18. The summed E-state index contributed by atoms with van der Waals surface area (Å²) in [5.41, 5.74) is 4.18. The Bertz CT molecular complexity index is 1500. The number of anilines is 1. The van der Waals surface area contributed by atoms with Crippen molar-refractivity contribution in [1.82, 2.24) is 5.32 Å². The number of aryl methyl sites for hydroxylation is 2. The molecule has 1 fully saturated rings. The van der Waals surface area contributed by atoms with Gasteiger partial charge in [0.05, 0.1) is 28.9 Å². The van der Waals surface area contributed by atoms with Crippen LogP contribution in [0.15, 0.2) is 90.2 Å². The number of carbonyl (C=O) groups is 1. The first-order valence-corrected chi connectivity index (χ1v) is 15.9. The number of benzene rings is 3. The smallest absolute Gasteiger partial charge is 0.353 e. The average molecular weight is 636 g/mol. The van der Waals surface area contributed by atoms with Crippen molar-refractivity contribution >= 4 is 12.0 Å². The molecule has 4 nitrogen and oxygen atoms in total. The van der Waals surface area contributed by atoms with E-state index in [4.69, 9.17) is 5.26 Å². The van der Waals surface area contributed by atoms with Crippen LogP contribution >= 0.6 is 0 Å². The minimum atomic E-state index is -4.53. The predicted octanol–water partition coefficient (Wildman–Crippen LogP) is 10.2. The van der Waals surface area contributed by atoms with Crippen molar-refractivity contribution in [2.75, 3.05) is 11.9 Å². The molecule has 3 aromatic rings. The summed E-state index contributed by atoms with van der Waals surface area (Å²) in [7, 11) is 0. The second-order valence-corrected chi connectivity index (χ2v) is 10.8. The normalized spacial score (nSPS) is 13.7. The minimum absolute atomic E-state index is 0.128. The Labute approximate surface area is 271 Å². The number of hydrogen-bond donors (Lipinski definition) is 2. The maximum Gasteiger partial charge on any atom is 0.416 e. The van der Waals surface area contributed by atoms with Crippen molar-refractivity contribution < 1.29 is 22.4 Å². The van der Waals surface area contributed by atoms with Crippen LogP contribution in [0.5, 0.6) is 0 Å². The lowest BCUT2D eigenvalue weighted by Gasteiger charge is -2.23. The van der Waals surface area contributed by atoms with Crippen LogP contribution in [0.3, 0.4) is 0 Å². The van der Waals surface area contributed by atoms with Gasteiger partial charge in [-0.05, 0) is 97.7 Å². The Morgan fingerprint density at radius 1 is 1.04 bits per heavy atom. The Morgan fingerprint density at radius 2 is 1.76 bits per heavy atom. The summed E-state index contributed by atoms with van der Waals surface area (Å²) in [5.74, 6) is 0.689. The molecule has 246 valence electrons. The fourth-order valence-electron chi connectivity index (χ4n) is 4.75. The molecule has 2 N–H and O–H groups in total. The molecule has 1 atom stereocenters. The van der Waals surface area contributed by atoms with Crippen LogP contribution in [0.1, 0.15) is 87.2 Å². The molecule has 1 aliphatic carbocycles. The van der Waals surface area contributed by atoms with Crippen LogP contribution < -0.4 is 10.6 Å². The molecule has 0 spiro atoms. The van der Waals surface area contributed by atoms with E-state index >= 15 is 0 Å². The van der Waals surface area contributed by atoms with Crippen molar-refractivity contribution in [3.63, 3.8) is 0 Å². The third-order valence-corrected chi connectivity index (χ3v) is 7.18. The number of nitrogens with zero attached hydrogens (tertiary/aromatic N) is 1. The van der Waals surface area contributed by atoms with Crippen LogP contribution in [-0.2, 0) is 11.2 Å². The first-order valence-electron chi connectivity index (χ1n) is 15.9. The predicted molar refractivity (Wildman–Crippen MR) is 179 cm³/mol. The van der Waals surface area contributed by atoms with E-state index in [2.05, 4.69) is 41.8 Å². The Balaban J connectivity index is 0.000000305. The lowest BCUT2D eigenvalue weighted by molar-refractivity contribution is -0.104.